The third kappa shape index (κ3) is 3.46. The molecule has 0 unspecified atom stereocenters. The number of carbonyl (C=O) groups excluding carboxylic acids is 1. The Morgan fingerprint density at radius 3 is 2.30 bits per heavy atom. The lowest BCUT2D eigenvalue weighted by atomic mass is 10.2. The van der Waals surface area contributed by atoms with Crippen molar-refractivity contribution < 1.29 is 14.0 Å². The van der Waals surface area contributed by atoms with Gasteiger partial charge in [-0.05, 0) is 24.2 Å². The first-order valence-electron chi connectivity index (χ1n) is 6.36. The molecule has 2 N–H and O–H groups in total. The molecule has 1 aromatic rings. The minimum atomic E-state index is -2.08. The van der Waals surface area contributed by atoms with Gasteiger partial charge in [0.15, 0.2) is 0 Å². The largest absolute Gasteiger partial charge is 0.543 e. The van der Waals surface area contributed by atoms with Crippen molar-refractivity contribution in [3.05, 3.63) is 22.7 Å². The molecule has 0 aliphatic heterocycles. The van der Waals surface area contributed by atoms with E-state index < -0.39 is 14.3 Å². The zero-order valence-electron chi connectivity index (χ0n) is 12.8. The molecule has 0 bridgehead atoms. The Bertz CT molecular complexity index is 524. The van der Waals surface area contributed by atoms with Gasteiger partial charge in [0.2, 0.25) is 0 Å². The Balaban J connectivity index is 3.30. The number of nitrogens with two attached hydrogens (primary N) is 1. The second-order valence-corrected chi connectivity index (χ2v) is 11.4. The Kier molecular flexibility index (Phi) is 4.76. The van der Waals surface area contributed by atoms with Crippen LogP contribution in [0.25, 0.3) is 0 Å². The normalized spacial score (nSPS) is 12.2. The quantitative estimate of drug-likeness (QED) is 0.518. The number of halogens is 1. The molecule has 0 radical (unpaired) electrons. The second-order valence-electron chi connectivity index (χ2n) is 6.22. The molecule has 6 heteroatoms. The number of hydrogen-bond acceptors (Lipinski definition) is 4. The van der Waals surface area contributed by atoms with Gasteiger partial charge in [0, 0.05) is 6.07 Å². The average molecular weight is 316 g/mol. The fourth-order valence-corrected chi connectivity index (χ4v) is 2.54. The first-order chi connectivity index (χ1) is 8.99. The van der Waals surface area contributed by atoms with E-state index in [1.54, 1.807) is 6.07 Å². The van der Waals surface area contributed by atoms with Crippen LogP contribution in [0.3, 0.4) is 0 Å². The first kappa shape index (κ1) is 16.9. The molecule has 4 nitrogen and oxygen atoms in total. The van der Waals surface area contributed by atoms with Crippen molar-refractivity contribution in [3.63, 3.8) is 0 Å². The highest BCUT2D eigenvalue weighted by molar-refractivity contribution is 6.74. The van der Waals surface area contributed by atoms with Gasteiger partial charge < -0.3 is 14.9 Å². The van der Waals surface area contributed by atoms with Crippen LogP contribution in [0.1, 0.15) is 31.1 Å². The van der Waals surface area contributed by atoms with Gasteiger partial charge in [-0.15, -0.1) is 0 Å². The van der Waals surface area contributed by atoms with Gasteiger partial charge in [-0.25, -0.2) is 4.79 Å². The number of benzene rings is 1. The number of ether oxygens (including phenoxy) is 1. The number of methoxy groups -OCH3 is 1. The van der Waals surface area contributed by atoms with Gasteiger partial charge in [-0.3, -0.25) is 0 Å². The summed E-state index contributed by atoms with van der Waals surface area (Å²) in [5.74, 6) is -0.0500. The van der Waals surface area contributed by atoms with E-state index in [-0.39, 0.29) is 5.04 Å². The van der Waals surface area contributed by atoms with Gasteiger partial charge in [0.05, 0.1) is 17.8 Å². The number of anilines is 1. The molecule has 0 amide bonds. The molecular weight excluding hydrogens is 294 g/mol. The molecule has 0 spiro atoms. The molecule has 112 valence electrons. The number of rotatable bonds is 3. The van der Waals surface area contributed by atoms with Crippen LogP contribution in [0, 0.1) is 0 Å². The third-order valence-electron chi connectivity index (χ3n) is 3.68. The Morgan fingerprint density at radius 2 is 1.85 bits per heavy atom. The van der Waals surface area contributed by atoms with E-state index in [2.05, 4.69) is 33.9 Å². The molecule has 1 aromatic carbocycles. The van der Waals surface area contributed by atoms with Crippen molar-refractivity contribution in [2.45, 2.75) is 38.9 Å². The van der Waals surface area contributed by atoms with Gasteiger partial charge in [-0.2, -0.15) is 0 Å². The predicted octanol–water partition coefficient (Wildman–Crippen LogP) is 4.09. The summed E-state index contributed by atoms with van der Waals surface area (Å²) in [4.78, 5) is 11.8. The molecule has 20 heavy (non-hydrogen) atoms. The highest BCUT2D eigenvalue weighted by Crippen LogP contribution is 2.39. The minimum absolute atomic E-state index is 0.00872. The van der Waals surface area contributed by atoms with Crippen LogP contribution >= 0.6 is 11.6 Å². The summed E-state index contributed by atoms with van der Waals surface area (Å²) < 4.78 is 10.9. The van der Waals surface area contributed by atoms with Crippen LogP contribution in [-0.4, -0.2) is 21.4 Å². The molecule has 0 heterocycles. The van der Waals surface area contributed by atoms with Crippen LogP contribution in [0.5, 0.6) is 5.75 Å². The highest BCUT2D eigenvalue weighted by atomic mass is 35.5. The molecule has 0 saturated heterocycles. The topological polar surface area (TPSA) is 61.5 Å². The number of hydrogen-bond donors (Lipinski definition) is 1. The van der Waals surface area contributed by atoms with Crippen molar-refractivity contribution >= 4 is 31.6 Å². The highest BCUT2D eigenvalue weighted by Gasteiger charge is 2.39. The molecule has 0 atom stereocenters. The van der Waals surface area contributed by atoms with Crippen LogP contribution in [0.15, 0.2) is 12.1 Å². The summed E-state index contributed by atoms with van der Waals surface area (Å²) in [6.07, 6.45) is 0. The molecule has 0 saturated carbocycles. The summed E-state index contributed by atoms with van der Waals surface area (Å²) in [6.45, 7) is 10.6. The zero-order chi connectivity index (χ0) is 15.7. The lowest BCUT2D eigenvalue weighted by Crippen LogP contribution is -2.44. The molecule has 1 rings (SSSR count). The maximum Gasteiger partial charge on any atom is 0.341 e. The van der Waals surface area contributed by atoms with Gasteiger partial charge in [-0.1, -0.05) is 32.4 Å². The summed E-state index contributed by atoms with van der Waals surface area (Å²) >= 11 is 5.97. The molecule has 0 fully saturated rings. The lowest BCUT2D eigenvalue weighted by Gasteiger charge is -2.37. The third-order valence-corrected chi connectivity index (χ3v) is 8.35. The Morgan fingerprint density at radius 1 is 1.30 bits per heavy atom. The minimum Gasteiger partial charge on any atom is -0.543 e. The average Bonchev–Trinajstić information content (AvgIpc) is 2.30. The van der Waals surface area contributed by atoms with Crippen molar-refractivity contribution in [1.29, 1.82) is 0 Å². The zero-order valence-corrected chi connectivity index (χ0v) is 14.6. The summed E-state index contributed by atoms with van der Waals surface area (Å²) in [5, 5.41) is 0.322. The maximum atomic E-state index is 11.8. The Labute approximate surface area is 126 Å². The number of carbonyl (C=O) groups is 1. The Hall–Kier alpha value is -1.20. The van der Waals surface area contributed by atoms with Gasteiger partial charge in [0.1, 0.15) is 11.3 Å². The van der Waals surface area contributed by atoms with Gasteiger partial charge >= 0.3 is 5.97 Å². The summed E-state index contributed by atoms with van der Waals surface area (Å²) in [7, 11) is -0.760. The molecule has 0 aliphatic rings. The van der Waals surface area contributed by atoms with Crippen molar-refractivity contribution in [3.8, 4) is 5.75 Å². The van der Waals surface area contributed by atoms with E-state index in [0.29, 0.717) is 22.0 Å². The van der Waals surface area contributed by atoms with Crippen molar-refractivity contribution in [2.24, 2.45) is 0 Å². The van der Waals surface area contributed by atoms with E-state index >= 15 is 0 Å². The SMILES string of the molecule is COC(=O)c1cc(Cl)c(N)cc1O[Si](C)(C)C(C)(C)C. The summed E-state index contributed by atoms with van der Waals surface area (Å²) in [5.41, 5.74) is 6.50. The number of nitrogen functional groups attached to an aromatic ring is 1. The predicted molar refractivity (Wildman–Crippen MR) is 85.0 cm³/mol. The van der Waals surface area contributed by atoms with E-state index in [1.807, 2.05) is 0 Å². The van der Waals surface area contributed by atoms with Crippen LogP contribution in [-0.2, 0) is 4.74 Å². The van der Waals surface area contributed by atoms with E-state index in [9.17, 15) is 4.79 Å². The molecular formula is C14H22ClNO3Si. The maximum absolute atomic E-state index is 11.8. The fraction of sp³-hybridized carbons (Fsp3) is 0.500. The van der Waals surface area contributed by atoms with E-state index in [1.165, 1.54) is 13.2 Å². The summed E-state index contributed by atoms with van der Waals surface area (Å²) in [6, 6.07) is 3.08. The molecule has 0 aromatic heterocycles. The van der Waals surface area contributed by atoms with Gasteiger partial charge in [0.25, 0.3) is 8.32 Å². The first-order valence-corrected chi connectivity index (χ1v) is 9.64. The smallest absolute Gasteiger partial charge is 0.341 e. The fourth-order valence-electron chi connectivity index (χ4n) is 1.35. The second kappa shape index (κ2) is 5.66. The van der Waals surface area contributed by atoms with Crippen molar-refractivity contribution in [2.75, 3.05) is 12.8 Å². The number of esters is 1. The van der Waals surface area contributed by atoms with Crippen LogP contribution in [0.4, 0.5) is 5.69 Å². The molecule has 0 aliphatic carbocycles. The lowest BCUT2D eigenvalue weighted by molar-refractivity contribution is 0.0598. The standard InChI is InChI=1S/C14H22ClNO3Si/c1-14(2,3)20(5,6)19-12-8-11(16)10(15)7-9(12)13(17)18-4/h7-8H,16H2,1-6H3. The van der Waals surface area contributed by atoms with Crippen molar-refractivity contribution in [1.82, 2.24) is 0 Å². The van der Waals surface area contributed by atoms with Crippen LogP contribution in [0.2, 0.25) is 23.2 Å². The monoisotopic (exact) mass is 315 g/mol. The van der Waals surface area contributed by atoms with E-state index in [4.69, 9.17) is 26.5 Å². The van der Waals surface area contributed by atoms with Crippen LogP contribution < -0.4 is 10.2 Å². The van der Waals surface area contributed by atoms with E-state index in [0.717, 1.165) is 0 Å².